The van der Waals surface area contributed by atoms with E-state index in [-0.39, 0.29) is 12.5 Å². The molecule has 0 bridgehead atoms. The number of benzene rings is 2. The number of nitrogens with one attached hydrogen (secondary N) is 1. The maximum atomic E-state index is 12.5. The molecule has 0 unspecified atom stereocenters. The lowest BCUT2D eigenvalue weighted by atomic mass is 10.2. The molecule has 1 N–H and O–H groups in total. The molecule has 1 aliphatic carbocycles. The molecule has 2 aliphatic rings. The highest BCUT2D eigenvalue weighted by molar-refractivity contribution is 5.92. The summed E-state index contributed by atoms with van der Waals surface area (Å²) in [5, 5.41) is 4.13. The lowest BCUT2D eigenvalue weighted by molar-refractivity contribution is -0.132. The number of fused-ring (bicyclic) bond motifs is 1. The minimum absolute atomic E-state index is 0.0434. The number of rotatable bonds is 5. The van der Waals surface area contributed by atoms with Crippen molar-refractivity contribution in [2.45, 2.75) is 25.8 Å². The fraction of sp³-hybridized carbons (Fsp3) is 0.360. The highest BCUT2D eigenvalue weighted by atomic mass is 16.2. The van der Waals surface area contributed by atoms with Gasteiger partial charge in [0, 0.05) is 55.2 Å². The Morgan fingerprint density at radius 3 is 2.52 bits per heavy atom. The Labute approximate surface area is 182 Å². The van der Waals surface area contributed by atoms with Gasteiger partial charge in [0.15, 0.2) is 0 Å². The minimum atomic E-state index is -0.0434. The molecule has 160 valence electrons. The minimum Gasteiger partial charge on any atom is -0.370 e. The van der Waals surface area contributed by atoms with E-state index in [4.69, 9.17) is 0 Å². The fourth-order valence-electron chi connectivity index (χ4n) is 4.37. The Kier molecular flexibility index (Phi) is 5.37. The average molecular weight is 417 g/mol. The first-order valence-electron chi connectivity index (χ1n) is 11.1. The molecule has 31 heavy (non-hydrogen) atoms. The second-order valence-electron chi connectivity index (χ2n) is 8.54. The van der Waals surface area contributed by atoms with Gasteiger partial charge in [-0.05, 0) is 61.0 Å². The molecule has 1 aromatic heterocycles. The number of carbonyl (C=O) groups is 2. The molecule has 1 saturated heterocycles. The molecule has 3 aromatic rings. The monoisotopic (exact) mass is 416 g/mol. The van der Waals surface area contributed by atoms with E-state index in [0.717, 1.165) is 67.7 Å². The molecule has 0 atom stereocenters. The van der Waals surface area contributed by atoms with E-state index in [1.165, 1.54) is 0 Å². The van der Waals surface area contributed by atoms with Crippen molar-refractivity contribution in [2.75, 3.05) is 36.4 Å². The Balaban J connectivity index is 1.18. The molecule has 5 rings (SSSR count). The maximum Gasteiger partial charge on any atom is 0.244 e. The summed E-state index contributed by atoms with van der Waals surface area (Å²) in [6.45, 7) is 3.73. The van der Waals surface area contributed by atoms with E-state index < -0.39 is 0 Å². The molecule has 2 fully saturated rings. The summed E-state index contributed by atoms with van der Waals surface area (Å²) in [6, 6.07) is 18.1. The summed E-state index contributed by atoms with van der Waals surface area (Å²) in [7, 11) is 0. The second kappa shape index (κ2) is 8.46. The quantitative estimate of drug-likeness (QED) is 0.690. The molecule has 1 aliphatic heterocycles. The van der Waals surface area contributed by atoms with Gasteiger partial charge < -0.3 is 19.7 Å². The summed E-state index contributed by atoms with van der Waals surface area (Å²) in [5.41, 5.74) is 2.99. The summed E-state index contributed by atoms with van der Waals surface area (Å²) in [4.78, 5) is 29.3. The molecule has 1 saturated carbocycles. The first kappa shape index (κ1) is 19.7. The van der Waals surface area contributed by atoms with Crippen molar-refractivity contribution in [3.05, 3.63) is 60.8 Å². The topological polar surface area (TPSA) is 57.6 Å². The van der Waals surface area contributed by atoms with Crippen LogP contribution in [0.2, 0.25) is 0 Å². The van der Waals surface area contributed by atoms with Crippen molar-refractivity contribution in [3.63, 3.8) is 0 Å². The molecule has 2 aromatic carbocycles. The highest BCUT2D eigenvalue weighted by Gasteiger charge is 2.33. The smallest absolute Gasteiger partial charge is 0.244 e. The summed E-state index contributed by atoms with van der Waals surface area (Å²) in [6.07, 6.45) is 5.06. The lowest BCUT2D eigenvalue weighted by Crippen LogP contribution is -2.36. The first-order chi connectivity index (χ1) is 15.2. The number of anilines is 2. The van der Waals surface area contributed by atoms with E-state index in [9.17, 15) is 9.59 Å². The Hall–Kier alpha value is -3.28. The maximum absolute atomic E-state index is 12.5. The number of nitrogens with zero attached hydrogens (tertiary/aromatic N) is 3. The second-order valence-corrected chi connectivity index (χ2v) is 8.54. The third-order valence-corrected chi connectivity index (χ3v) is 6.24. The third kappa shape index (κ3) is 4.43. The van der Waals surface area contributed by atoms with Crippen molar-refractivity contribution in [2.24, 2.45) is 5.92 Å². The Morgan fingerprint density at radius 2 is 1.71 bits per heavy atom. The van der Waals surface area contributed by atoms with Crippen LogP contribution < -0.4 is 10.2 Å². The standard InChI is InChI=1S/C25H28N4O2/c30-24(18-29-15-12-19-4-1-2-5-23(19)29)26-21-8-10-22(11-9-21)27-13-3-14-28(17-16-27)25(31)20-6-7-20/h1-2,4-5,8-12,15,20H,3,6-7,13-14,16-18H2,(H,26,30). The van der Waals surface area contributed by atoms with Crippen LogP contribution in [-0.4, -0.2) is 47.5 Å². The molecule has 0 spiro atoms. The van der Waals surface area contributed by atoms with Gasteiger partial charge in [-0.1, -0.05) is 18.2 Å². The third-order valence-electron chi connectivity index (χ3n) is 6.24. The number of amides is 2. The zero-order chi connectivity index (χ0) is 21.2. The number of hydrogen-bond acceptors (Lipinski definition) is 3. The van der Waals surface area contributed by atoms with E-state index in [1.807, 2.05) is 58.1 Å². The molecule has 0 radical (unpaired) electrons. The largest absolute Gasteiger partial charge is 0.370 e. The van der Waals surface area contributed by atoms with Gasteiger partial charge >= 0.3 is 0 Å². The van der Waals surface area contributed by atoms with E-state index >= 15 is 0 Å². The predicted molar refractivity (Wildman–Crippen MR) is 123 cm³/mol. The van der Waals surface area contributed by atoms with Crippen LogP contribution in [0.25, 0.3) is 10.9 Å². The molecule has 6 nitrogen and oxygen atoms in total. The van der Waals surface area contributed by atoms with Crippen LogP contribution in [0.5, 0.6) is 0 Å². The van der Waals surface area contributed by atoms with Crippen LogP contribution in [0, 0.1) is 5.92 Å². The molecule has 2 amide bonds. The summed E-state index contributed by atoms with van der Waals surface area (Å²) < 4.78 is 1.96. The number of aromatic nitrogens is 1. The van der Waals surface area contributed by atoms with Gasteiger partial charge in [-0.2, -0.15) is 0 Å². The van der Waals surface area contributed by atoms with Gasteiger partial charge in [-0.25, -0.2) is 0 Å². The summed E-state index contributed by atoms with van der Waals surface area (Å²) >= 11 is 0. The normalized spacial score (nSPS) is 16.9. The molecular weight excluding hydrogens is 388 g/mol. The van der Waals surface area contributed by atoms with Gasteiger partial charge in [0.2, 0.25) is 11.8 Å². The fourth-order valence-corrected chi connectivity index (χ4v) is 4.37. The van der Waals surface area contributed by atoms with E-state index in [0.29, 0.717) is 11.8 Å². The van der Waals surface area contributed by atoms with Crippen LogP contribution in [0.15, 0.2) is 60.8 Å². The zero-order valence-corrected chi connectivity index (χ0v) is 17.7. The molecule has 2 heterocycles. The number of para-hydroxylation sites is 1. The van der Waals surface area contributed by atoms with Crippen molar-refractivity contribution in [1.82, 2.24) is 9.47 Å². The van der Waals surface area contributed by atoms with Crippen molar-refractivity contribution in [3.8, 4) is 0 Å². The number of carbonyl (C=O) groups excluding carboxylic acids is 2. The first-order valence-corrected chi connectivity index (χ1v) is 11.1. The van der Waals surface area contributed by atoms with Crippen LogP contribution in [0.4, 0.5) is 11.4 Å². The predicted octanol–water partition coefficient (Wildman–Crippen LogP) is 3.73. The van der Waals surface area contributed by atoms with Gasteiger partial charge in [-0.15, -0.1) is 0 Å². The summed E-state index contributed by atoms with van der Waals surface area (Å²) in [5.74, 6) is 0.590. The van der Waals surface area contributed by atoms with Gasteiger partial charge in [0.25, 0.3) is 0 Å². The highest BCUT2D eigenvalue weighted by Crippen LogP contribution is 2.31. The van der Waals surface area contributed by atoms with E-state index in [2.05, 4.69) is 22.3 Å². The van der Waals surface area contributed by atoms with E-state index in [1.54, 1.807) is 0 Å². The number of hydrogen-bond donors (Lipinski definition) is 1. The zero-order valence-electron chi connectivity index (χ0n) is 17.7. The van der Waals surface area contributed by atoms with Gasteiger partial charge in [-0.3, -0.25) is 9.59 Å². The Morgan fingerprint density at radius 1 is 0.903 bits per heavy atom. The van der Waals surface area contributed by atoms with Crippen LogP contribution in [0.1, 0.15) is 19.3 Å². The van der Waals surface area contributed by atoms with Gasteiger partial charge in [0.05, 0.1) is 0 Å². The Bertz CT molecular complexity index is 1080. The molecule has 6 heteroatoms. The van der Waals surface area contributed by atoms with Crippen molar-refractivity contribution < 1.29 is 9.59 Å². The molecular formula is C25H28N4O2. The average Bonchev–Trinajstić information content (AvgIpc) is 3.60. The van der Waals surface area contributed by atoms with Gasteiger partial charge in [0.1, 0.15) is 6.54 Å². The van der Waals surface area contributed by atoms with Crippen molar-refractivity contribution in [1.29, 1.82) is 0 Å². The van der Waals surface area contributed by atoms with Crippen molar-refractivity contribution >= 4 is 34.1 Å². The lowest BCUT2D eigenvalue weighted by Gasteiger charge is -2.24. The van der Waals surface area contributed by atoms with Crippen LogP contribution in [-0.2, 0) is 16.1 Å². The SMILES string of the molecule is O=C(Cn1ccc2ccccc21)Nc1ccc(N2CCCN(C(=O)C3CC3)CC2)cc1. The van der Waals surface area contributed by atoms with Crippen LogP contribution >= 0.6 is 0 Å². The van der Waals surface area contributed by atoms with Crippen LogP contribution in [0.3, 0.4) is 0 Å².